The fourth-order valence-corrected chi connectivity index (χ4v) is 1.70. The number of nitrogens with zero attached hydrogens (tertiary/aromatic N) is 1. The molecule has 0 N–H and O–H groups in total. The summed E-state index contributed by atoms with van der Waals surface area (Å²) < 4.78 is 0. The molecule has 0 rings (SSSR count). The van der Waals surface area contributed by atoms with Crippen molar-refractivity contribution in [2.24, 2.45) is 16.8 Å². The van der Waals surface area contributed by atoms with Crippen LogP contribution in [0.3, 0.4) is 0 Å². The Bertz CT molecular complexity index is 145. The second kappa shape index (κ2) is 7.11. The van der Waals surface area contributed by atoms with Gasteiger partial charge in [-0.1, -0.05) is 33.6 Å². The summed E-state index contributed by atoms with van der Waals surface area (Å²) in [5.74, 6) is 1.56. The van der Waals surface area contributed by atoms with Crippen LogP contribution in [0.1, 0.15) is 53.9 Å². The molecule has 0 spiro atoms. The third kappa shape index (κ3) is 5.07. The Morgan fingerprint density at radius 3 is 2.08 bits per heavy atom. The van der Waals surface area contributed by atoms with Gasteiger partial charge in [0, 0.05) is 12.3 Å². The van der Waals surface area contributed by atoms with E-state index in [-0.39, 0.29) is 0 Å². The molecule has 1 nitrogen and oxygen atoms in total. The van der Waals surface area contributed by atoms with Crippen LogP contribution >= 0.6 is 0 Å². The van der Waals surface area contributed by atoms with E-state index in [0.29, 0.717) is 5.92 Å². The van der Waals surface area contributed by atoms with E-state index in [1.165, 1.54) is 25.0 Å². The molecule has 78 valence electrons. The van der Waals surface area contributed by atoms with E-state index in [1.807, 2.05) is 0 Å². The smallest absolute Gasteiger partial charge is 0.0360 e. The van der Waals surface area contributed by atoms with Gasteiger partial charge >= 0.3 is 0 Å². The van der Waals surface area contributed by atoms with Crippen LogP contribution in [0.5, 0.6) is 0 Å². The summed E-state index contributed by atoms with van der Waals surface area (Å²) in [6.45, 7) is 12.1. The van der Waals surface area contributed by atoms with Crippen LogP contribution in [0.15, 0.2) is 4.99 Å². The zero-order valence-corrected chi connectivity index (χ0v) is 9.93. The molecule has 0 aromatic rings. The average molecular weight is 183 g/mol. The van der Waals surface area contributed by atoms with Gasteiger partial charge < -0.3 is 0 Å². The summed E-state index contributed by atoms with van der Waals surface area (Å²) in [5, 5.41) is 0. The first kappa shape index (κ1) is 12.7. The van der Waals surface area contributed by atoms with E-state index in [1.54, 1.807) is 0 Å². The van der Waals surface area contributed by atoms with Gasteiger partial charge in [0.25, 0.3) is 0 Å². The third-order valence-electron chi connectivity index (χ3n) is 2.96. The minimum absolute atomic E-state index is 0.671. The highest BCUT2D eigenvalue weighted by Gasteiger charge is 2.11. The second-order valence-electron chi connectivity index (χ2n) is 3.93. The van der Waals surface area contributed by atoms with Crippen molar-refractivity contribution >= 4 is 5.71 Å². The molecule has 0 amide bonds. The molecule has 1 unspecified atom stereocenters. The Labute approximate surface area is 83.6 Å². The lowest BCUT2D eigenvalue weighted by atomic mass is 9.89. The SMILES string of the molecule is CCN=C(C)C(C)CC(CC)CC. The number of hydrogen-bond donors (Lipinski definition) is 0. The maximum Gasteiger partial charge on any atom is 0.0360 e. The normalized spacial score (nSPS) is 15.1. The zero-order chi connectivity index (χ0) is 10.3. The lowest BCUT2D eigenvalue weighted by Gasteiger charge is -2.18. The van der Waals surface area contributed by atoms with Crippen molar-refractivity contribution < 1.29 is 0 Å². The van der Waals surface area contributed by atoms with Gasteiger partial charge in [-0.15, -0.1) is 0 Å². The van der Waals surface area contributed by atoms with E-state index >= 15 is 0 Å². The van der Waals surface area contributed by atoms with Crippen molar-refractivity contribution in [2.75, 3.05) is 6.54 Å². The van der Waals surface area contributed by atoms with E-state index in [2.05, 4.69) is 39.6 Å². The summed E-state index contributed by atoms with van der Waals surface area (Å²) in [5.41, 5.74) is 1.33. The van der Waals surface area contributed by atoms with Gasteiger partial charge in [-0.05, 0) is 32.1 Å². The highest BCUT2D eigenvalue weighted by atomic mass is 14.7. The van der Waals surface area contributed by atoms with E-state index < -0.39 is 0 Å². The van der Waals surface area contributed by atoms with Crippen molar-refractivity contribution in [3.05, 3.63) is 0 Å². The van der Waals surface area contributed by atoms with E-state index in [4.69, 9.17) is 0 Å². The van der Waals surface area contributed by atoms with Crippen LogP contribution in [-0.2, 0) is 0 Å². The zero-order valence-electron chi connectivity index (χ0n) is 9.93. The first-order valence-corrected chi connectivity index (χ1v) is 5.66. The molecule has 0 aliphatic heterocycles. The summed E-state index contributed by atoms with van der Waals surface area (Å²) in [7, 11) is 0. The predicted octanol–water partition coefficient (Wildman–Crippen LogP) is 3.93. The fraction of sp³-hybridized carbons (Fsp3) is 0.917. The Hall–Kier alpha value is -0.330. The summed E-state index contributed by atoms with van der Waals surface area (Å²) in [4.78, 5) is 4.46. The van der Waals surface area contributed by atoms with Crippen LogP contribution < -0.4 is 0 Å². The van der Waals surface area contributed by atoms with Gasteiger partial charge in [0.05, 0.1) is 0 Å². The standard InChI is InChI=1S/C12H25N/c1-6-12(7-2)9-10(4)11(5)13-8-3/h10,12H,6-9H2,1-5H3. The van der Waals surface area contributed by atoms with Crippen LogP contribution in [-0.4, -0.2) is 12.3 Å². The largest absolute Gasteiger partial charge is 0.294 e. The van der Waals surface area contributed by atoms with Crippen molar-refractivity contribution in [1.29, 1.82) is 0 Å². The topological polar surface area (TPSA) is 12.4 Å². The quantitative estimate of drug-likeness (QED) is 0.553. The molecule has 13 heavy (non-hydrogen) atoms. The van der Waals surface area contributed by atoms with Crippen LogP contribution in [0.25, 0.3) is 0 Å². The van der Waals surface area contributed by atoms with Crippen LogP contribution in [0.2, 0.25) is 0 Å². The number of aliphatic imine (C=N–C) groups is 1. The minimum Gasteiger partial charge on any atom is -0.294 e. The molecular weight excluding hydrogens is 158 g/mol. The van der Waals surface area contributed by atoms with Crippen LogP contribution in [0, 0.1) is 11.8 Å². The lowest BCUT2D eigenvalue weighted by Crippen LogP contribution is -2.12. The van der Waals surface area contributed by atoms with E-state index in [9.17, 15) is 0 Å². The number of hydrogen-bond acceptors (Lipinski definition) is 1. The molecule has 1 heteroatoms. The van der Waals surface area contributed by atoms with Crippen molar-refractivity contribution in [1.82, 2.24) is 0 Å². The molecule has 0 saturated heterocycles. The van der Waals surface area contributed by atoms with E-state index in [0.717, 1.165) is 12.5 Å². The predicted molar refractivity (Wildman–Crippen MR) is 61.5 cm³/mol. The summed E-state index contributed by atoms with van der Waals surface area (Å²) in [6, 6.07) is 0. The molecule has 0 fully saturated rings. The van der Waals surface area contributed by atoms with Crippen LogP contribution in [0.4, 0.5) is 0 Å². The molecule has 0 aliphatic carbocycles. The Morgan fingerprint density at radius 2 is 1.69 bits per heavy atom. The molecule has 0 aliphatic rings. The maximum atomic E-state index is 4.46. The molecule has 0 heterocycles. The lowest BCUT2D eigenvalue weighted by molar-refractivity contribution is 0.419. The monoisotopic (exact) mass is 183 g/mol. The Morgan fingerprint density at radius 1 is 1.15 bits per heavy atom. The fourth-order valence-electron chi connectivity index (χ4n) is 1.70. The summed E-state index contributed by atoms with van der Waals surface area (Å²) >= 11 is 0. The summed E-state index contributed by atoms with van der Waals surface area (Å²) in [6.07, 6.45) is 3.92. The number of rotatable bonds is 6. The minimum atomic E-state index is 0.671. The molecule has 0 radical (unpaired) electrons. The van der Waals surface area contributed by atoms with Gasteiger partial charge in [0.1, 0.15) is 0 Å². The molecule has 1 atom stereocenters. The van der Waals surface area contributed by atoms with Gasteiger partial charge in [-0.25, -0.2) is 0 Å². The second-order valence-corrected chi connectivity index (χ2v) is 3.93. The first-order chi connectivity index (χ1) is 6.15. The van der Waals surface area contributed by atoms with Gasteiger partial charge in [0.15, 0.2) is 0 Å². The van der Waals surface area contributed by atoms with Crippen molar-refractivity contribution in [3.8, 4) is 0 Å². The van der Waals surface area contributed by atoms with Crippen molar-refractivity contribution in [3.63, 3.8) is 0 Å². The molecule has 0 aromatic heterocycles. The molecular formula is C12H25N. The average Bonchev–Trinajstić information content (AvgIpc) is 2.14. The van der Waals surface area contributed by atoms with Crippen molar-refractivity contribution in [2.45, 2.75) is 53.9 Å². The Kier molecular flexibility index (Phi) is 6.93. The molecule has 0 aromatic carbocycles. The third-order valence-corrected chi connectivity index (χ3v) is 2.96. The Balaban J connectivity index is 3.97. The molecule has 0 saturated carbocycles. The highest BCUT2D eigenvalue weighted by Crippen LogP contribution is 2.19. The first-order valence-electron chi connectivity index (χ1n) is 5.66. The van der Waals surface area contributed by atoms with Gasteiger partial charge in [-0.3, -0.25) is 4.99 Å². The highest BCUT2D eigenvalue weighted by molar-refractivity contribution is 5.83. The maximum absolute atomic E-state index is 4.46. The molecule has 0 bridgehead atoms. The van der Waals surface area contributed by atoms with Gasteiger partial charge in [0.2, 0.25) is 0 Å². The van der Waals surface area contributed by atoms with Gasteiger partial charge in [-0.2, -0.15) is 0 Å².